The van der Waals surface area contributed by atoms with Crippen LogP contribution in [0.5, 0.6) is 11.5 Å². The van der Waals surface area contributed by atoms with E-state index in [9.17, 15) is 9.90 Å². The van der Waals surface area contributed by atoms with Crippen molar-refractivity contribution in [2.24, 2.45) is 24.6 Å². The van der Waals surface area contributed by atoms with Crippen LogP contribution in [-0.4, -0.2) is 65.9 Å². The smallest absolute Gasteiger partial charge is 0.254 e. The van der Waals surface area contributed by atoms with Crippen molar-refractivity contribution in [1.29, 1.82) is 0 Å². The quantitative estimate of drug-likeness (QED) is 0.233. The number of rotatable bonds is 7. The van der Waals surface area contributed by atoms with Crippen LogP contribution in [0.3, 0.4) is 0 Å². The van der Waals surface area contributed by atoms with Crippen LogP contribution in [0.2, 0.25) is 0 Å². The van der Waals surface area contributed by atoms with Crippen LogP contribution in [0.25, 0.3) is 56.2 Å². The molecule has 1 amide bonds. The molecule has 2 aliphatic carbocycles. The maximum Gasteiger partial charge on any atom is 0.254 e. The first kappa shape index (κ1) is 28.1. The van der Waals surface area contributed by atoms with Gasteiger partial charge in [0.2, 0.25) is 0 Å². The number of nitrogens with zero attached hydrogens (tertiary/aromatic N) is 6. The molecule has 0 radical (unpaired) electrons. The van der Waals surface area contributed by atoms with Gasteiger partial charge in [0.1, 0.15) is 22.7 Å². The molecule has 2 saturated carbocycles. The number of phenolic OH excluding ortho intramolecular Hbond substituents is 1. The molecule has 3 fully saturated rings. The van der Waals surface area contributed by atoms with Crippen LogP contribution in [0.15, 0.2) is 65.3 Å². The Bertz CT molecular complexity index is 2200. The minimum atomic E-state index is -0.0136. The van der Waals surface area contributed by atoms with Crippen molar-refractivity contribution in [2.75, 3.05) is 13.7 Å². The third kappa shape index (κ3) is 4.44. The topological polar surface area (TPSA) is 137 Å². The monoisotopic (exact) mass is 629 g/mol. The number of aromatic hydroxyl groups is 1. The summed E-state index contributed by atoms with van der Waals surface area (Å²) >= 11 is 0. The second-order valence-electron chi connectivity index (χ2n) is 13.3. The molecule has 3 aliphatic rings. The summed E-state index contributed by atoms with van der Waals surface area (Å²) in [5.74, 6) is 2.94. The normalized spacial score (nSPS) is 20.6. The molecular weight excluding hydrogens is 594 g/mol. The number of phenols is 1. The lowest BCUT2D eigenvalue weighted by atomic mass is 10.0. The minimum Gasteiger partial charge on any atom is -0.507 e. The number of aromatic nitrogens is 5. The fourth-order valence-corrected chi connectivity index (χ4v) is 7.73. The number of nitrogens with two attached hydrogens (primary N) is 1. The summed E-state index contributed by atoms with van der Waals surface area (Å²) in [6.07, 6.45) is 5.97. The predicted octanol–water partition coefficient (Wildman–Crippen LogP) is 5.60. The third-order valence-corrected chi connectivity index (χ3v) is 10.4. The summed E-state index contributed by atoms with van der Waals surface area (Å²) in [6, 6.07) is 17.2. The predicted molar refractivity (Wildman–Crippen MR) is 177 cm³/mol. The van der Waals surface area contributed by atoms with Crippen molar-refractivity contribution >= 4 is 28.0 Å². The fraction of sp³-hybridized carbons (Fsp3) is 0.333. The van der Waals surface area contributed by atoms with Crippen LogP contribution in [0.1, 0.15) is 36.0 Å². The van der Waals surface area contributed by atoms with Crippen molar-refractivity contribution in [3.05, 3.63) is 66.4 Å². The molecule has 47 heavy (non-hydrogen) atoms. The zero-order valence-electron chi connectivity index (χ0n) is 26.3. The zero-order valence-corrected chi connectivity index (χ0v) is 26.3. The molecule has 2 aromatic carbocycles. The van der Waals surface area contributed by atoms with E-state index in [1.54, 1.807) is 25.4 Å². The van der Waals surface area contributed by atoms with Gasteiger partial charge in [0.25, 0.3) is 5.91 Å². The van der Waals surface area contributed by atoms with E-state index in [2.05, 4.69) is 26.4 Å². The van der Waals surface area contributed by atoms with Gasteiger partial charge in [-0.1, -0.05) is 5.16 Å². The molecule has 1 saturated heterocycles. The molecule has 1 aliphatic heterocycles. The minimum absolute atomic E-state index is 0.0136. The number of aryl methyl sites for hydroxylation is 1. The summed E-state index contributed by atoms with van der Waals surface area (Å²) in [5, 5.41) is 15.3. The lowest BCUT2D eigenvalue weighted by Crippen LogP contribution is -2.41. The van der Waals surface area contributed by atoms with E-state index in [-0.39, 0.29) is 23.7 Å². The lowest BCUT2D eigenvalue weighted by Gasteiger charge is -2.27. The van der Waals surface area contributed by atoms with Gasteiger partial charge in [-0.05, 0) is 86.1 Å². The molecule has 11 nitrogen and oxygen atoms in total. The first-order valence-electron chi connectivity index (χ1n) is 16.2. The Morgan fingerprint density at radius 3 is 2.66 bits per heavy atom. The van der Waals surface area contributed by atoms with Gasteiger partial charge in [-0.2, -0.15) is 0 Å². The maximum absolute atomic E-state index is 13.8. The average molecular weight is 630 g/mol. The molecule has 2 bridgehead atoms. The highest BCUT2D eigenvalue weighted by Crippen LogP contribution is 2.41. The van der Waals surface area contributed by atoms with Gasteiger partial charge in [-0.3, -0.25) is 4.79 Å². The number of carbonyl (C=O) groups excluding carboxylic acids is 1. The number of amides is 1. The Labute approximate surface area is 270 Å². The van der Waals surface area contributed by atoms with Crippen molar-refractivity contribution in [3.63, 3.8) is 0 Å². The number of ether oxygens (including phenoxy) is 1. The van der Waals surface area contributed by atoms with E-state index in [0.717, 1.165) is 58.7 Å². The maximum atomic E-state index is 13.8. The van der Waals surface area contributed by atoms with Gasteiger partial charge in [0.05, 0.1) is 35.8 Å². The second kappa shape index (κ2) is 10.4. The average Bonchev–Trinajstić information content (AvgIpc) is 3.44. The first-order chi connectivity index (χ1) is 22.9. The number of fused-ring (bicyclic) bond motifs is 4. The highest BCUT2D eigenvalue weighted by molar-refractivity contribution is 6.00. The number of methoxy groups -OCH3 is 1. The lowest BCUT2D eigenvalue weighted by molar-refractivity contribution is 0.0700. The molecule has 11 heteroatoms. The molecule has 2 unspecified atom stereocenters. The summed E-state index contributed by atoms with van der Waals surface area (Å²) in [5.41, 5.74) is 12.6. The number of pyridine rings is 1. The number of likely N-dealkylation sites (tertiary alicyclic amines) is 1. The fourth-order valence-electron chi connectivity index (χ4n) is 7.73. The summed E-state index contributed by atoms with van der Waals surface area (Å²) in [7, 11) is 3.63. The number of carbonyl (C=O) groups is 1. The number of benzene rings is 2. The van der Waals surface area contributed by atoms with E-state index in [4.69, 9.17) is 25.0 Å². The molecule has 6 aromatic rings. The number of hydrogen-bond donors (Lipinski definition) is 2. The summed E-state index contributed by atoms with van der Waals surface area (Å²) in [4.78, 5) is 26.0. The molecule has 238 valence electrons. The van der Waals surface area contributed by atoms with Gasteiger partial charge in [-0.25, -0.2) is 9.97 Å². The van der Waals surface area contributed by atoms with Gasteiger partial charge >= 0.3 is 0 Å². The molecule has 5 heterocycles. The Morgan fingerprint density at radius 2 is 1.94 bits per heavy atom. The van der Waals surface area contributed by atoms with Gasteiger partial charge in [-0.15, -0.1) is 0 Å². The van der Waals surface area contributed by atoms with Crippen LogP contribution in [0.4, 0.5) is 0 Å². The molecule has 3 N–H and O–H groups in total. The number of piperidine rings is 1. The van der Waals surface area contributed by atoms with Gasteiger partial charge in [0.15, 0.2) is 11.6 Å². The van der Waals surface area contributed by atoms with Crippen LogP contribution >= 0.6 is 0 Å². The SMILES string of the molecule is COc1cc(C(=O)N2CC3CCC2[C@@H]3N)cc2nc(-c3cc4ccc(-c5ccc(O)c(-c6ccno6)c5)nc4n3CC3CC3)n(C)c12. The van der Waals surface area contributed by atoms with Crippen molar-refractivity contribution < 1.29 is 19.2 Å². The number of imidazole rings is 1. The van der Waals surface area contributed by atoms with E-state index >= 15 is 0 Å². The van der Waals surface area contributed by atoms with Gasteiger partial charge < -0.3 is 34.1 Å². The first-order valence-corrected chi connectivity index (χ1v) is 16.2. The third-order valence-electron chi connectivity index (χ3n) is 10.4. The van der Waals surface area contributed by atoms with Crippen LogP contribution in [-0.2, 0) is 13.6 Å². The van der Waals surface area contributed by atoms with Gasteiger partial charge in [0, 0.05) is 54.8 Å². The Hall–Kier alpha value is -5.16. The highest BCUT2D eigenvalue weighted by atomic mass is 16.5. The second-order valence-corrected chi connectivity index (χ2v) is 13.3. The largest absolute Gasteiger partial charge is 0.507 e. The standard InChI is InChI=1S/C36H35N7O4/c1-41-33-26(14-23(16-31(33)46-2)36(45)43-18-22-6-9-27(43)32(22)37)40-35(41)28-15-21-5-8-25(39-34(21)42(28)17-19-3-4-19)20-7-10-29(44)24(13-20)30-11-12-38-47-30/h5,7-8,10-16,19,22,27,32,44H,3-4,6,9,17-18,37H2,1-2H3/t22?,27?,32-/m1/s1. The summed E-state index contributed by atoms with van der Waals surface area (Å²) in [6.45, 7) is 1.54. The Morgan fingerprint density at radius 1 is 1.06 bits per heavy atom. The van der Waals surface area contributed by atoms with E-state index in [1.165, 1.54) is 12.8 Å². The molecule has 9 rings (SSSR count). The molecule has 3 atom stereocenters. The van der Waals surface area contributed by atoms with E-state index in [1.807, 2.05) is 42.3 Å². The molecule has 4 aromatic heterocycles. The molecular formula is C36H35N7O4. The number of hydrogen-bond acceptors (Lipinski definition) is 8. The van der Waals surface area contributed by atoms with Crippen LogP contribution < -0.4 is 10.5 Å². The van der Waals surface area contributed by atoms with Crippen LogP contribution in [0, 0.1) is 11.8 Å². The van der Waals surface area contributed by atoms with Crippen molar-refractivity contribution in [2.45, 2.75) is 44.3 Å². The zero-order chi connectivity index (χ0) is 32.0. The van der Waals surface area contributed by atoms with Crippen molar-refractivity contribution in [1.82, 2.24) is 29.2 Å². The summed E-state index contributed by atoms with van der Waals surface area (Å²) < 4.78 is 15.5. The van der Waals surface area contributed by atoms with E-state index < -0.39 is 0 Å². The highest BCUT2D eigenvalue weighted by Gasteiger charge is 2.47. The molecule has 0 spiro atoms. The van der Waals surface area contributed by atoms with Crippen molar-refractivity contribution in [3.8, 4) is 45.6 Å². The van der Waals surface area contributed by atoms with E-state index in [0.29, 0.717) is 46.5 Å². The Kier molecular flexibility index (Phi) is 6.23. The Balaban J connectivity index is 1.14.